The zero-order valence-corrected chi connectivity index (χ0v) is 15.5. The molecule has 3 heteroatoms. The fourth-order valence-corrected chi connectivity index (χ4v) is 4.71. The van der Waals surface area contributed by atoms with Crippen LogP contribution in [0.15, 0.2) is 60.7 Å². The summed E-state index contributed by atoms with van der Waals surface area (Å²) >= 11 is 0. The zero-order chi connectivity index (χ0) is 17.9. The SMILES string of the molecule is C[C@H](C(=O)N[C@H]1CC[C@@H]2CN(Cc3ccccc3)C[C@@H]21)c1ccccc1. The molecule has 4 rings (SSSR count). The Hall–Kier alpha value is -2.13. The maximum absolute atomic E-state index is 12.7. The molecule has 1 aliphatic carbocycles. The normalized spacial score (nSPS) is 26.4. The molecule has 1 N–H and O–H groups in total. The first-order valence-corrected chi connectivity index (χ1v) is 9.82. The molecule has 1 heterocycles. The Labute approximate surface area is 156 Å². The highest BCUT2D eigenvalue weighted by Gasteiger charge is 2.43. The summed E-state index contributed by atoms with van der Waals surface area (Å²) in [6.07, 6.45) is 2.36. The number of benzene rings is 2. The van der Waals surface area contributed by atoms with Crippen LogP contribution in [0.5, 0.6) is 0 Å². The van der Waals surface area contributed by atoms with Gasteiger partial charge in [-0.15, -0.1) is 0 Å². The molecule has 0 bridgehead atoms. The van der Waals surface area contributed by atoms with Crippen molar-refractivity contribution in [2.45, 2.75) is 38.3 Å². The first kappa shape index (κ1) is 17.3. The molecule has 1 saturated carbocycles. The minimum Gasteiger partial charge on any atom is -0.353 e. The maximum Gasteiger partial charge on any atom is 0.227 e. The monoisotopic (exact) mass is 348 g/mol. The van der Waals surface area contributed by atoms with Crippen molar-refractivity contribution in [1.29, 1.82) is 0 Å². The van der Waals surface area contributed by atoms with Crippen LogP contribution in [0.25, 0.3) is 0 Å². The van der Waals surface area contributed by atoms with Crippen molar-refractivity contribution in [3.05, 3.63) is 71.8 Å². The van der Waals surface area contributed by atoms with E-state index in [-0.39, 0.29) is 11.8 Å². The van der Waals surface area contributed by atoms with Crippen LogP contribution in [0.1, 0.15) is 36.8 Å². The Bertz CT molecular complexity index is 730. The van der Waals surface area contributed by atoms with Crippen LogP contribution in [0.4, 0.5) is 0 Å². The summed E-state index contributed by atoms with van der Waals surface area (Å²) in [4.78, 5) is 15.3. The molecule has 3 nitrogen and oxygen atoms in total. The molecule has 2 aliphatic rings. The molecule has 2 aromatic rings. The number of carbonyl (C=O) groups excluding carboxylic acids is 1. The van der Waals surface area contributed by atoms with E-state index in [1.165, 1.54) is 18.5 Å². The summed E-state index contributed by atoms with van der Waals surface area (Å²) in [5, 5.41) is 3.37. The van der Waals surface area contributed by atoms with Gasteiger partial charge in [-0.3, -0.25) is 9.69 Å². The lowest BCUT2D eigenvalue weighted by Crippen LogP contribution is -2.41. The molecule has 0 unspecified atom stereocenters. The average Bonchev–Trinajstić information content (AvgIpc) is 3.24. The second kappa shape index (κ2) is 7.63. The Morgan fingerprint density at radius 2 is 1.73 bits per heavy atom. The lowest BCUT2D eigenvalue weighted by atomic mass is 9.96. The van der Waals surface area contributed by atoms with E-state index >= 15 is 0 Å². The van der Waals surface area contributed by atoms with E-state index in [2.05, 4.69) is 40.5 Å². The van der Waals surface area contributed by atoms with Gasteiger partial charge in [0, 0.05) is 25.7 Å². The molecule has 0 radical (unpaired) electrons. The second-order valence-electron chi connectivity index (χ2n) is 7.93. The van der Waals surface area contributed by atoms with Crippen molar-refractivity contribution >= 4 is 5.91 Å². The average molecular weight is 348 g/mol. The topological polar surface area (TPSA) is 32.3 Å². The number of hydrogen-bond donors (Lipinski definition) is 1. The van der Waals surface area contributed by atoms with E-state index < -0.39 is 0 Å². The van der Waals surface area contributed by atoms with Crippen molar-refractivity contribution in [1.82, 2.24) is 10.2 Å². The van der Waals surface area contributed by atoms with E-state index in [1.54, 1.807) is 0 Å². The van der Waals surface area contributed by atoms with E-state index in [0.717, 1.165) is 31.0 Å². The zero-order valence-electron chi connectivity index (χ0n) is 15.5. The third kappa shape index (κ3) is 3.68. The number of carbonyl (C=O) groups is 1. The predicted molar refractivity (Wildman–Crippen MR) is 105 cm³/mol. The molecule has 0 spiro atoms. The third-order valence-electron chi connectivity index (χ3n) is 6.20. The quantitative estimate of drug-likeness (QED) is 0.891. The minimum absolute atomic E-state index is 0.0860. The predicted octanol–water partition coefficient (Wildman–Crippen LogP) is 3.82. The summed E-state index contributed by atoms with van der Waals surface area (Å²) in [7, 11) is 0. The summed E-state index contributed by atoms with van der Waals surface area (Å²) in [6.45, 7) is 5.30. The van der Waals surface area contributed by atoms with E-state index in [4.69, 9.17) is 0 Å². The van der Waals surface area contributed by atoms with Crippen molar-refractivity contribution in [2.75, 3.05) is 13.1 Å². The summed E-state index contributed by atoms with van der Waals surface area (Å²) < 4.78 is 0. The number of amides is 1. The Kier molecular flexibility index (Phi) is 5.07. The molecular formula is C23H28N2O. The molecule has 4 atom stereocenters. The highest BCUT2D eigenvalue weighted by atomic mass is 16.1. The van der Waals surface area contributed by atoms with Gasteiger partial charge in [-0.25, -0.2) is 0 Å². The van der Waals surface area contributed by atoms with Gasteiger partial charge < -0.3 is 5.32 Å². The third-order valence-corrected chi connectivity index (χ3v) is 6.20. The molecular weight excluding hydrogens is 320 g/mol. The molecule has 2 aromatic carbocycles. The van der Waals surface area contributed by atoms with Crippen molar-refractivity contribution in [3.63, 3.8) is 0 Å². The highest BCUT2D eigenvalue weighted by Crippen LogP contribution is 2.39. The smallest absolute Gasteiger partial charge is 0.227 e. The van der Waals surface area contributed by atoms with Crippen LogP contribution in [-0.2, 0) is 11.3 Å². The fraction of sp³-hybridized carbons (Fsp3) is 0.435. The van der Waals surface area contributed by atoms with E-state index in [1.807, 2.05) is 37.3 Å². The van der Waals surface area contributed by atoms with Gasteiger partial charge in [0.25, 0.3) is 0 Å². The van der Waals surface area contributed by atoms with Crippen molar-refractivity contribution in [3.8, 4) is 0 Å². The van der Waals surface area contributed by atoms with Crippen LogP contribution in [-0.4, -0.2) is 29.9 Å². The van der Waals surface area contributed by atoms with Crippen LogP contribution >= 0.6 is 0 Å². The first-order chi connectivity index (χ1) is 12.7. The summed E-state index contributed by atoms with van der Waals surface area (Å²) in [5.74, 6) is 1.42. The number of likely N-dealkylation sites (tertiary alicyclic amines) is 1. The van der Waals surface area contributed by atoms with E-state index in [9.17, 15) is 4.79 Å². The Morgan fingerprint density at radius 1 is 1.04 bits per heavy atom. The first-order valence-electron chi connectivity index (χ1n) is 9.82. The number of hydrogen-bond acceptors (Lipinski definition) is 2. The Morgan fingerprint density at radius 3 is 2.46 bits per heavy atom. The number of rotatable bonds is 5. The lowest BCUT2D eigenvalue weighted by Gasteiger charge is -2.23. The molecule has 0 aromatic heterocycles. The van der Waals surface area contributed by atoms with Crippen LogP contribution < -0.4 is 5.32 Å². The fourth-order valence-electron chi connectivity index (χ4n) is 4.71. The van der Waals surface area contributed by atoms with Gasteiger partial charge in [0.1, 0.15) is 0 Å². The van der Waals surface area contributed by atoms with Gasteiger partial charge >= 0.3 is 0 Å². The summed E-state index contributed by atoms with van der Waals surface area (Å²) in [6, 6.07) is 21.1. The number of fused-ring (bicyclic) bond motifs is 1. The van der Waals surface area contributed by atoms with Crippen LogP contribution in [0.2, 0.25) is 0 Å². The molecule has 2 fully saturated rings. The maximum atomic E-state index is 12.7. The van der Waals surface area contributed by atoms with Crippen LogP contribution in [0.3, 0.4) is 0 Å². The van der Waals surface area contributed by atoms with Gasteiger partial charge in [0.2, 0.25) is 5.91 Å². The van der Waals surface area contributed by atoms with Crippen molar-refractivity contribution in [2.24, 2.45) is 11.8 Å². The number of nitrogens with zero attached hydrogens (tertiary/aromatic N) is 1. The van der Waals surface area contributed by atoms with Gasteiger partial charge in [0.05, 0.1) is 5.92 Å². The second-order valence-corrected chi connectivity index (χ2v) is 7.93. The molecule has 1 amide bonds. The largest absolute Gasteiger partial charge is 0.353 e. The standard InChI is InChI=1S/C23H28N2O/c1-17(19-10-6-3-7-11-19)23(26)24-22-13-12-20-15-25(16-21(20)22)14-18-8-4-2-5-9-18/h2-11,17,20-22H,12-16H2,1H3,(H,24,26)/t17-,20+,21-,22-/m0/s1. The lowest BCUT2D eigenvalue weighted by molar-refractivity contribution is -0.123. The molecule has 1 aliphatic heterocycles. The van der Waals surface area contributed by atoms with Crippen LogP contribution in [0, 0.1) is 11.8 Å². The minimum atomic E-state index is -0.0860. The van der Waals surface area contributed by atoms with Gasteiger partial charge in [-0.2, -0.15) is 0 Å². The molecule has 26 heavy (non-hydrogen) atoms. The molecule has 1 saturated heterocycles. The highest BCUT2D eigenvalue weighted by molar-refractivity contribution is 5.83. The summed E-state index contributed by atoms with van der Waals surface area (Å²) in [5.41, 5.74) is 2.47. The van der Waals surface area contributed by atoms with Gasteiger partial charge in [-0.1, -0.05) is 60.7 Å². The van der Waals surface area contributed by atoms with Crippen molar-refractivity contribution < 1.29 is 4.79 Å². The van der Waals surface area contributed by atoms with Gasteiger partial charge in [0.15, 0.2) is 0 Å². The Balaban J connectivity index is 1.35. The molecule has 136 valence electrons. The number of nitrogens with one attached hydrogen (secondary N) is 1. The van der Waals surface area contributed by atoms with E-state index in [0.29, 0.717) is 12.0 Å². The van der Waals surface area contributed by atoms with Gasteiger partial charge in [-0.05, 0) is 42.7 Å².